The van der Waals surface area contributed by atoms with Crippen molar-refractivity contribution in [3.05, 3.63) is 46.6 Å². The van der Waals surface area contributed by atoms with Crippen molar-refractivity contribution < 1.29 is 13.7 Å². The predicted molar refractivity (Wildman–Crippen MR) is 126 cm³/mol. The number of rotatable bonds is 6. The highest BCUT2D eigenvalue weighted by Crippen LogP contribution is 2.19. The van der Waals surface area contributed by atoms with Crippen molar-refractivity contribution in [3.63, 3.8) is 0 Å². The lowest BCUT2D eigenvalue weighted by Crippen LogP contribution is -2.52. The fourth-order valence-corrected chi connectivity index (χ4v) is 3.67. The van der Waals surface area contributed by atoms with E-state index < -0.39 is 0 Å². The zero-order valence-corrected chi connectivity index (χ0v) is 20.4. The highest BCUT2D eigenvalue weighted by atomic mass is 127. The SMILES string of the molecule is CN=C(NCCc1c(C)noc1C)N1CCN(Cc2ccc(OC)c(F)c2)CC1.I. The number of nitrogens with one attached hydrogen (secondary N) is 1. The molecule has 0 radical (unpaired) electrons. The molecule has 0 bridgehead atoms. The maximum atomic E-state index is 13.9. The molecule has 166 valence electrons. The van der Waals surface area contributed by atoms with Crippen molar-refractivity contribution in [2.24, 2.45) is 4.99 Å². The Morgan fingerprint density at radius 1 is 1.27 bits per heavy atom. The number of piperazine rings is 1. The minimum Gasteiger partial charge on any atom is -0.494 e. The van der Waals surface area contributed by atoms with Crippen LogP contribution in [0, 0.1) is 19.7 Å². The van der Waals surface area contributed by atoms with E-state index in [1.54, 1.807) is 12.1 Å². The molecule has 1 N–H and O–H groups in total. The fraction of sp³-hybridized carbons (Fsp3) is 0.524. The summed E-state index contributed by atoms with van der Waals surface area (Å²) in [7, 11) is 3.29. The minimum absolute atomic E-state index is 0. The Morgan fingerprint density at radius 2 is 2.00 bits per heavy atom. The van der Waals surface area contributed by atoms with Crippen LogP contribution in [0.3, 0.4) is 0 Å². The van der Waals surface area contributed by atoms with Gasteiger partial charge in [-0.2, -0.15) is 0 Å². The first kappa shape index (κ1) is 24.4. The zero-order valence-electron chi connectivity index (χ0n) is 18.1. The van der Waals surface area contributed by atoms with Crippen LogP contribution in [0.4, 0.5) is 4.39 Å². The lowest BCUT2D eigenvalue weighted by atomic mass is 10.1. The number of hydrogen-bond donors (Lipinski definition) is 1. The highest BCUT2D eigenvalue weighted by molar-refractivity contribution is 14.0. The third-order valence-electron chi connectivity index (χ3n) is 5.35. The normalized spacial score (nSPS) is 15.1. The van der Waals surface area contributed by atoms with Crippen LogP contribution in [0.5, 0.6) is 5.75 Å². The summed E-state index contributed by atoms with van der Waals surface area (Å²) in [6.07, 6.45) is 0.850. The lowest BCUT2D eigenvalue weighted by molar-refractivity contribution is 0.172. The molecule has 0 spiro atoms. The minimum atomic E-state index is -0.313. The van der Waals surface area contributed by atoms with Crippen molar-refractivity contribution in [1.29, 1.82) is 0 Å². The van der Waals surface area contributed by atoms with E-state index >= 15 is 0 Å². The van der Waals surface area contributed by atoms with Gasteiger partial charge in [0.05, 0.1) is 12.8 Å². The van der Waals surface area contributed by atoms with Crippen molar-refractivity contribution in [1.82, 2.24) is 20.3 Å². The van der Waals surface area contributed by atoms with Gasteiger partial charge in [-0.1, -0.05) is 11.2 Å². The van der Waals surface area contributed by atoms with Gasteiger partial charge in [0, 0.05) is 51.9 Å². The van der Waals surface area contributed by atoms with Crippen LogP contribution in [0.25, 0.3) is 0 Å². The van der Waals surface area contributed by atoms with Crippen LogP contribution in [0.2, 0.25) is 0 Å². The zero-order chi connectivity index (χ0) is 20.8. The van der Waals surface area contributed by atoms with Crippen LogP contribution in [-0.2, 0) is 13.0 Å². The Hall–Kier alpha value is -1.88. The summed E-state index contributed by atoms with van der Waals surface area (Å²) in [5, 5.41) is 7.44. The first-order valence-electron chi connectivity index (χ1n) is 9.94. The van der Waals surface area contributed by atoms with E-state index in [9.17, 15) is 4.39 Å². The topological polar surface area (TPSA) is 66.1 Å². The molecule has 0 aliphatic carbocycles. The van der Waals surface area contributed by atoms with Crippen LogP contribution in [0.15, 0.2) is 27.7 Å². The number of nitrogens with zero attached hydrogens (tertiary/aromatic N) is 4. The molecular formula is C21H31FIN5O2. The van der Waals surface area contributed by atoms with Crippen LogP contribution in [0.1, 0.15) is 22.6 Å². The number of guanidine groups is 1. The molecule has 1 aromatic carbocycles. The fourth-order valence-electron chi connectivity index (χ4n) is 3.67. The van der Waals surface area contributed by atoms with Gasteiger partial charge < -0.3 is 19.5 Å². The molecule has 1 aromatic heterocycles. The Morgan fingerprint density at radius 3 is 2.57 bits per heavy atom. The van der Waals surface area contributed by atoms with Gasteiger partial charge >= 0.3 is 0 Å². The summed E-state index contributed by atoms with van der Waals surface area (Å²) in [6.45, 7) is 8.98. The number of hydrogen-bond acceptors (Lipinski definition) is 5. The molecule has 2 heterocycles. The molecule has 30 heavy (non-hydrogen) atoms. The summed E-state index contributed by atoms with van der Waals surface area (Å²) in [4.78, 5) is 9.02. The average molecular weight is 531 g/mol. The van der Waals surface area contributed by atoms with Gasteiger partial charge in [0.1, 0.15) is 5.76 Å². The molecule has 1 aliphatic heterocycles. The van der Waals surface area contributed by atoms with Gasteiger partial charge in [-0.15, -0.1) is 24.0 Å². The second-order valence-corrected chi connectivity index (χ2v) is 7.26. The average Bonchev–Trinajstić information content (AvgIpc) is 3.04. The molecule has 7 nitrogen and oxygen atoms in total. The Labute approximate surface area is 194 Å². The summed E-state index contributed by atoms with van der Waals surface area (Å²) in [5.74, 6) is 1.76. The molecule has 0 saturated carbocycles. The van der Waals surface area contributed by atoms with E-state index in [-0.39, 0.29) is 35.5 Å². The maximum Gasteiger partial charge on any atom is 0.193 e. The Balaban J connectivity index is 0.00000320. The number of methoxy groups -OCH3 is 1. The second kappa shape index (κ2) is 11.5. The number of ether oxygens (including phenoxy) is 1. The Bertz CT molecular complexity index is 830. The van der Waals surface area contributed by atoms with Crippen molar-refractivity contribution in [2.45, 2.75) is 26.8 Å². The number of benzene rings is 1. The molecule has 1 aliphatic rings. The van der Waals surface area contributed by atoms with E-state index in [1.165, 1.54) is 7.11 Å². The van der Waals surface area contributed by atoms with Gasteiger partial charge in [0.15, 0.2) is 17.5 Å². The maximum absolute atomic E-state index is 13.9. The molecule has 2 aromatic rings. The molecule has 9 heteroatoms. The number of aryl methyl sites for hydroxylation is 2. The van der Waals surface area contributed by atoms with Gasteiger partial charge in [-0.25, -0.2) is 4.39 Å². The summed E-state index contributed by atoms with van der Waals surface area (Å²) in [6, 6.07) is 5.16. The summed E-state index contributed by atoms with van der Waals surface area (Å²) >= 11 is 0. The monoisotopic (exact) mass is 531 g/mol. The molecular weight excluding hydrogens is 500 g/mol. The first-order valence-corrected chi connectivity index (χ1v) is 9.94. The van der Waals surface area contributed by atoms with Gasteiger partial charge in [0.2, 0.25) is 0 Å². The predicted octanol–water partition coefficient (Wildman–Crippen LogP) is 2.99. The van der Waals surface area contributed by atoms with Crippen LogP contribution >= 0.6 is 24.0 Å². The van der Waals surface area contributed by atoms with Crippen molar-refractivity contribution in [2.75, 3.05) is 46.9 Å². The van der Waals surface area contributed by atoms with E-state index in [4.69, 9.17) is 9.26 Å². The largest absolute Gasteiger partial charge is 0.494 e. The first-order chi connectivity index (χ1) is 14.0. The third-order valence-corrected chi connectivity index (χ3v) is 5.35. The Kier molecular flexibility index (Phi) is 9.35. The third kappa shape index (κ3) is 6.07. The molecule has 1 fully saturated rings. The van der Waals surface area contributed by atoms with Gasteiger partial charge in [0.25, 0.3) is 0 Å². The molecule has 0 atom stereocenters. The van der Waals surface area contributed by atoms with E-state index in [0.29, 0.717) is 0 Å². The van der Waals surface area contributed by atoms with Crippen molar-refractivity contribution >= 4 is 29.9 Å². The standard InChI is InChI=1S/C21H30FN5O2.HI/c1-15-18(16(2)29-25-15)7-8-24-21(23-3)27-11-9-26(10-12-27)14-17-5-6-20(28-4)19(22)13-17;/h5-6,13H,7-12,14H2,1-4H3,(H,23,24);1H. The molecule has 1 saturated heterocycles. The smallest absolute Gasteiger partial charge is 0.193 e. The molecule has 0 unspecified atom stereocenters. The summed E-state index contributed by atoms with van der Waals surface area (Å²) < 4.78 is 24.1. The lowest BCUT2D eigenvalue weighted by Gasteiger charge is -2.36. The molecule has 0 amide bonds. The quantitative estimate of drug-likeness (QED) is 0.352. The highest BCUT2D eigenvalue weighted by Gasteiger charge is 2.20. The second-order valence-electron chi connectivity index (χ2n) is 7.26. The van der Waals surface area contributed by atoms with Crippen LogP contribution < -0.4 is 10.1 Å². The number of halogens is 2. The van der Waals surface area contributed by atoms with E-state index in [2.05, 4.69) is 25.3 Å². The number of aromatic nitrogens is 1. The molecule has 3 rings (SSSR count). The van der Waals surface area contributed by atoms with E-state index in [1.807, 2.05) is 27.0 Å². The summed E-state index contributed by atoms with van der Waals surface area (Å²) in [5.41, 5.74) is 3.06. The van der Waals surface area contributed by atoms with Gasteiger partial charge in [-0.05, 0) is 38.0 Å². The van der Waals surface area contributed by atoms with E-state index in [0.717, 1.165) is 74.2 Å². The van der Waals surface area contributed by atoms with Crippen LogP contribution in [-0.4, -0.2) is 67.8 Å². The van der Waals surface area contributed by atoms with Crippen molar-refractivity contribution in [3.8, 4) is 5.75 Å². The number of aliphatic imine (C=N–C) groups is 1. The van der Waals surface area contributed by atoms with Gasteiger partial charge in [-0.3, -0.25) is 9.89 Å².